The van der Waals surface area contributed by atoms with Crippen molar-refractivity contribution in [1.29, 1.82) is 0 Å². The van der Waals surface area contributed by atoms with Crippen LogP contribution >= 0.6 is 0 Å². The van der Waals surface area contributed by atoms with Crippen molar-refractivity contribution in [3.05, 3.63) is 11.9 Å². The van der Waals surface area contributed by atoms with Gasteiger partial charge in [-0.2, -0.15) is 0 Å². The van der Waals surface area contributed by atoms with Gasteiger partial charge in [0.25, 0.3) is 0 Å². The summed E-state index contributed by atoms with van der Waals surface area (Å²) >= 11 is 0. The van der Waals surface area contributed by atoms with Crippen molar-refractivity contribution in [3.63, 3.8) is 0 Å². The summed E-state index contributed by atoms with van der Waals surface area (Å²) in [7, 11) is 3.63. The lowest BCUT2D eigenvalue weighted by Gasteiger charge is -2.35. The Hall–Kier alpha value is -0.980. The summed E-state index contributed by atoms with van der Waals surface area (Å²) in [5.41, 5.74) is 3.69. The van der Waals surface area contributed by atoms with Crippen molar-refractivity contribution in [2.75, 3.05) is 7.11 Å². The van der Waals surface area contributed by atoms with E-state index in [1.807, 2.05) is 13.2 Å². The molecule has 1 aliphatic rings. The molecular formula is C11H21N5O. The molecule has 6 heteroatoms. The number of hydrogen-bond donors (Lipinski definition) is 2. The average molecular weight is 239 g/mol. The van der Waals surface area contributed by atoms with Crippen LogP contribution in [0.15, 0.2) is 6.20 Å². The molecule has 1 atom stereocenters. The highest BCUT2D eigenvalue weighted by molar-refractivity contribution is 5.04. The van der Waals surface area contributed by atoms with Crippen molar-refractivity contribution < 1.29 is 4.74 Å². The molecule has 17 heavy (non-hydrogen) atoms. The molecule has 1 aliphatic carbocycles. The number of methoxy groups -OCH3 is 1. The maximum atomic E-state index is 5.73. The van der Waals surface area contributed by atoms with Crippen LogP contribution in [-0.2, 0) is 18.2 Å². The van der Waals surface area contributed by atoms with Gasteiger partial charge < -0.3 is 4.74 Å². The van der Waals surface area contributed by atoms with E-state index in [4.69, 9.17) is 10.6 Å². The molecule has 96 valence electrons. The second kappa shape index (κ2) is 5.12. The number of hydrazine groups is 1. The molecule has 1 aromatic heterocycles. The second-order valence-electron chi connectivity index (χ2n) is 4.78. The second-order valence-corrected chi connectivity index (χ2v) is 4.78. The molecule has 0 aliphatic heterocycles. The smallest absolute Gasteiger partial charge is 0.0848 e. The fourth-order valence-corrected chi connectivity index (χ4v) is 2.76. The van der Waals surface area contributed by atoms with E-state index in [9.17, 15) is 0 Å². The van der Waals surface area contributed by atoms with Crippen LogP contribution in [0.5, 0.6) is 0 Å². The zero-order chi connectivity index (χ0) is 12.3. The van der Waals surface area contributed by atoms with Crippen LogP contribution < -0.4 is 11.3 Å². The maximum absolute atomic E-state index is 5.73. The molecule has 0 bridgehead atoms. The number of ether oxygens (including phenoxy) is 1. The molecule has 0 radical (unpaired) electrons. The molecule has 1 unspecified atom stereocenters. The Kier molecular flexibility index (Phi) is 3.76. The Bertz CT molecular complexity index is 358. The highest BCUT2D eigenvalue weighted by Gasteiger charge is 2.41. The third-order valence-electron chi connectivity index (χ3n) is 3.76. The SMILES string of the molecule is COC1(C(Cc2cn(C)nn2)NN)CCCC1. The predicted octanol–water partition coefficient (Wildman–Crippen LogP) is 0.149. The molecule has 2 rings (SSSR count). The molecule has 1 heterocycles. The van der Waals surface area contributed by atoms with E-state index in [1.54, 1.807) is 11.8 Å². The number of aromatic nitrogens is 3. The topological polar surface area (TPSA) is 78.0 Å². The Morgan fingerprint density at radius 1 is 1.59 bits per heavy atom. The van der Waals surface area contributed by atoms with Crippen molar-refractivity contribution >= 4 is 0 Å². The molecular weight excluding hydrogens is 218 g/mol. The molecule has 0 amide bonds. The Balaban J connectivity index is 2.10. The van der Waals surface area contributed by atoms with Crippen molar-refractivity contribution in [2.24, 2.45) is 12.9 Å². The summed E-state index contributed by atoms with van der Waals surface area (Å²) in [6.45, 7) is 0. The first kappa shape index (κ1) is 12.5. The van der Waals surface area contributed by atoms with Gasteiger partial charge in [-0.05, 0) is 12.8 Å². The summed E-state index contributed by atoms with van der Waals surface area (Å²) in [5, 5.41) is 8.04. The summed E-state index contributed by atoms with van der Waals surface area (Å²) in [6.07, 6.45) is 7.18. The average Bonchev–Trinajstić information content (AvgIpc) is 2.95. The predicted molar refractivity (Wildman–Crippen MR) is 64.0 cm³/mol. The van der Waals surface area contributed by atoms with Crippen LogP contribution in [0.3, 0.4) is 0 Å². The van der Waals surface area contributed by atoms with Gasteiger partial charge in [0.1, 0.15) is 0 Å². The third kappa shape index (κ3) is 2.48. The van der Waals surface area contributed by atoms with Crippen molar-refractivity contribution in [2.45, 2.75) is 43.7 Å². The Morgan fingerprint density at radius 3 is 2.76 bits per heavy atom. The largest absolute Gasteiger partial charge is 0.377 e. The highest BCUT2D eigenvalue weighted by Crippen LogP contribution is 2.36. The van der Waals surface area contributed by atoms with E-state index >= 15 is 0 Å². The fourth-order valence-electron chi connectivity index (χ4n) is 2.76. The van der Waals surface area contributed by atoms with E-state index < -0.39 is 0 Å². The number of rotatable bonds is 5. The van der Waals surface area contributed by atoms with Gasteiger partial charge in [0.05, 0.1) is 17.3 Å². The Morgan fingerprint density at radius 2 is 2.29 bits per heavy atom. The van der Waals surface area contributed by atoms with Crippen LogP contribution in [0.2, 0.25) is 0 Å². The van der Waals surface area contributed by atoms with Crippen LogP contribution in [0.4, 0.5) is 0 Å². The fraction of sp³-hybridized carbons (Fsp3) is 0.818. The molecule has 1 fully saturated rings. The quantitative estimate of drug-likeness (QED) is 0.565. The van der Waals surface area contributed by atoms with Crippen LogP contribution in [0.1, 0.15) is 31.4 Å². The lowest BCUT2D eigenvalue weighted by molar-refractivity contribution is -0.0358. The summed E-state index contributed by atoms with van der Waals surface area (Å²) in [4.78, 5) is 0. The minimum Gasteiger partial charge on any atom is -0.377 e. The maximum Gasteiger partial charge on any atom is 0.0848 e. The highest BCUT2D eigenvalue weighted by atomic mass is 16.5. The number of nitrogens with two attached hydrogens (primary N) is 1. The van der Waals surface area contributed by atoms with E-state index in [0.717, 1.165) is 25.0 Å². The van der Waals surface area contributed by atoms with Crippen molar-refractivity contribution in [3.8, 4) is 0 Å². The minimum absolute atomic E-state index is 0.0895. The van der Waals surface area contributed by atoms with Crippen LogP contribution in [0, 0.1) is 0 Å². The third-order valence-corrected chi connectivity index (χ3v) is 3.76. The van der Waals surface area contributed by atoms with Gasteiger partial charge in [0.2, 0.25) is 0 Å². The van der Waals surface area contributed by atoms with E-state index in [0.29, 0.717) is 0 Å². The Labute approximate surface area is 101 Å². The minimum atomic E-state index is -0.147. The first-order valence-electron chi connectivity index (χ1n) is 6.07. The first-order chi connectivity index (χ1) is 8.20. The normalized spacial score (nSPS) is 20.6. The number of hydrogen-bond acceptors (Lipinski definition) is 5. The van der Waals surface area contributed by atoms with Gasteiger partial charge >= 0.3 is 0 Å². The lowest BCUT2D eigenvalue weighted by atomic mass is 9.89. The molecule has 1 aromatic rings. The first-order valence-corrected chi connectivity index (χ1v) is 6.07. The van der Waals surface area contributed by atoms with E-state index in [2.05, 4.69) is 15.7 Å². The summed E-state index contributed by atoms with van der Waals surface area (Å²) in [5.74, 6) is 5.68. The van der Waals surface area contributed by atoms with Crippen LogP contribution in [0.25, 0.3) is 0 Å². The lowest BCUT2D eigenvalue weighted by Crippen LogP contribution is -2.54. The zero-order valence-corrected chi connectivity index (χ0v) is 10.5. The zero-order valence-electron chi connectivity index (χ0n) is 10.5. The molecule has 3 N–H and O–H groups in total. The van der Waals surface area contributed by atoms with Gasteiger partial charge in [-0.15, -0.1) is 5.10 Å². The van der Waals surface area contributed by atoms with Gasteiger partial charge in [-0.1, -0.05) is 18.1 Å². The molecule has 0 aromatic carbocycles. The summed E-state index contributed by atoms with van der Waals surface area (Å²) < 4.78 is 7.44. The monoisotopic (exact) mass is 239 g/mol. The molecule has 0 spiro atoms. The van der Waals surface area contributed by atoms with Gasteiger partial charge in [0, 0.05) is 26.8 Å². The van der Waals surface area contributed by atoms with Gasteiger partial charge in [-0.3, -0.25) is 16.0 Å². The number of nitrogens with one attached hydrogen (secondary N) is 1. The van der Waals surface area contributed by atoms with E-state index in [-0.39, 0.29) is 11.6 Å². The summed E-state index contributed by atoms with van der Waals surface area (Å²) in [6, 6.07) is 0.0895. The standard InChI is InChI=1S/C11H21N5O/c1-16-8-9(14-15-16)7-10(13-12)11(17-2)5-3-4-6-11/h8,10,13H,3-7,12H2,1-2H3. The van der Waals surface area contributed by atoms with Gasteiger partial charge in [0.15, 0.2) is 0 Å². The molecule has 6 nitrogen and oxygen atoms in total. The van der Waals surface area contributed by atoms with Crippen molar-refractivity contribution in [1.82, 2.24) is 20.4 Å². The van der Waals surface area contributed by atoms with Crippen LogP contribution in [-0.4, -0.2) is 33.7 Å². The number of aryl methyl sites for hydroxylation is 1. The van der Waals surface area contributed by atoms with E-state index in [1.165, 1.54) is 12.8 Å². The molecule has 0 saturated heterocycles. The van der Waals surface area contributed by atoms with Gasteiger partial charge in [-0.25, -0.2) is 0 Å². The molecule has 1 saturated carbocycles. The number of nitrogens with zero attached hydrogens (tertiary/aromatic N) is 3.